The molecule has 2 N–H and O–H groups in total. The van der Waals surface area contributed by atoms with E-state index < -0.39 is 27.1 Å². The third-order valence-corrected chi connectivity index (χ3v) is 6.98. The van der Waals surface area contributed by atoms with Crippen molar-refractivity contribution in [2.75, 3.05) is 6.61 Å². The zero-order valence-electron chi connectivity index (χ0n) is 15.5. The van der Waals surface area contributed by atoms with Gasteiger partial charge in [0.05, 0.1) is 10.1 Å². The summed E-state index contributed by atoms with van der Waals surface area (Å²) in [6, 6.07) is 7.83. The monoisotopic (exact) mass is 427 g/mol. The van der Waals surface area contributed by atoms with Gasteiger partial charge in [-0.1, -0.05) is 25.1 Å². The molecule has 0 radical (unpaired) electrons. The van der Waals surface area contributed by atoms with Crippen molar-refractivity contribution in [3.8, 4) is 0 Å². The summed E-state index contributed by atoms with van der Waals surface area (Å²) in [6.07, 6.45) is -1.89. The lowest BCUT2D eigenvalue weighted by Gasteiger charge is -2.13. The van der Waals surface area contributed by atoms with Crippen LogP contribution in [-0.4, -0.2) is 30.4 Å². The third-order valence-electron chi connectivity index (χ3n) is 4.70. The fourth-order valence-electron chi connectivity index (χ4n) is 2.93. The van der Waals surface area contributed by atoms with Crippen LogP contribution in [0.15, 0.2) is 52.2 Å². The summed E-state index contributed by atoms with van der Waals surface area (Å²) < 4.78 is 63.3. The first kappa shape index (κ1) is 21.3. The minimum atomic E-state index is -4.77. The molecular weight excluding hydrogens is 407 g/mol. The lowest BCUT2D eigenvalue weighted by molar-refractivity contribution is -0.138. The van der Waals surface area contributed by atoms with Gasteiger partial charge in [-0.2, -0.15) is 13.2 Å². The number of pyridine rings is 1. The van der Waals surface area contributed by atoms with Gasteiger partial charge in [0.25, 0.3) is 5.56 Å². The van der Waals surface area contributed by atoms with Crippen molar-refractivity contribution in [1.82, 2.24) is 4.98 Å². The molecule has 156 valence electrons. The average molecular weight is 427 g/mol. The van der Waals surface area contributed by atoms with Gasteiger partial charge in [-0.15, -0.1) is 0 Å². The Bertz CT molecular complexity index is 1080. The number of benzene rings is 1. The molecule has 1 aliphatic carbocycles. The van der Waals surface area contributed by atoms with Crippen LogP contribution in [0, 0.1) is 5.92 Å². The zero-order chi connectivity index (χ0) is 21.4. The number of aromatic nitrogens is 1. The number of aliphatic hydroxyl groups excluding tert-OH is 1. The molecule has 0 spiro atoms. The van der Waals surface area contributed by atoms with Gasteiger partial charge in [0, 0.05) is 17.9 Å². The minimum absolute atomic E-state index is 0.140. The van der Waals surface area contributed by atoms with Gasteiger partial charge in [0.2, 0.25) is 0 Å². The van der Waals surface area contributed by atoms with Gasteiger partial charge in [0.15, 0.2) is 9.84 Å². The van der Waals surface area contributed by atoms with Crippen molar-refractivity contribution >= 4 is 15.4 Å². The second kappa shape index (κ2) is 7.79. The molecule has 1 atom stereocenters. The van der Waals surface area contributed by atoms with Crippen LogP contribution in [0.4, 0.5) is 13.2 Å². The van der Waals surface area contributed by atoms with E-state index in [-0.39, 0.29) is 28.4 Å². The van der Waals surface area contributed by atoms with Crippen LogP contribution in [0.3, 0.4) is 0 Å². The van der Waals surface area contributed by atoms with Gasteiger partial charge in [-0.25, -0.2) is 8.42 Å². The first-order valence-electron chi connectivity index (χ1n) is 9.02. The minimum Gasteiger partial charge on any atom is -0.396 e. The Labute approximate surface area is 165 Å². The molecule has 3 rings (SSSR count). The molecule has 0 amide bonds. The number of aromatic amines is 1. The van der Waals surface area contributed by atoms with E-state index in [0.29, 0.717) is 30.0 Å². The average Bonchev–Trinajstić information content (AvgIpc) is 3.50. The second-order valence-corrected chi connectivity index (χ2v) is 9.35. The molecule has 5 nitrogen and oxygen atoms in total. The van der Waals surface area contributed by atoms with Gasteiger partial charge in [-0.05, 0) is 48.6 Å². The Hall–Kier alpha value is -2.39. The predicted octanol–water partition coefficient (Wildman–Crippen LogP) is 3.39. The molecule has 1 aromatic heterocycles. The Balaban J connectivity index is 2.04. The van der Waals surface area contributed by atoms with Crippen LogP contribution in [0.25, 0.3) is 5.57 Å². The van der Waals surface area contributed by atoms with E-state index in [1.54, 1.807) is 25.1 Å². The molecule has 0 bridgehead atoms. The number of aliphatic hydroxyl groups is 1. The largest absolute Gasteiger partial charge is 0.421 e. The molecule has 1 aliphatic rings. The molecule has 1 aromatic carbocycles. The summed E-state index contributed by atoms with van der Waals surface area (Å²) in [4.78, 5) is 14.3. The summed E-state index contributed by atoms with van der Waals surface area (Å²) in [6.45, 7) is 1.50. The number of H-pyrrole nitrogens is 1. The van der Waals surface area contributed by atoms with E-state index in [2.05, 4.69) is 4.98 Å². The zero-order valence-corrected chi connectivity index (χ0v) is 16.3. The number of rotatable bonds is 6. The van der Waals surface area contributed by atoms with E-state index >= 15 is 0 Å². The Morgan fingerprint density at radius 1 is 1.21 bits per heavy atom. The van der Waals surface area contributed by atoms with Gasteiger partial charge in [0.1, 0.15) is 5.56 Å². The van der Waals surface area contributed by atoms with Crippen molar-refractivity contribution in [3.05, 3.63) is 69.6 Å². The topological polar surface area (TPSA) is 87.2 Å². The lowest BCUT2D eigenvalue weighted by Crippen LogP contribution is -2.22. The first-order chi connectivity index (χ1) is 13.5. The van der Waals surface area contributed by atoms with E-state index in [0.717, 1.165) is 6.07 Å². The Morgan fingerprint density at radius 3 is 2.31 bits per heavy atom. The summed E-state index contributed by atoms with van der Waals surface area (Å²) in [5.41, 5.74) is -1.53. The van der Waals surface area contributed by atoms with Crippen LogP contribution < -0.4 is 5.56 Å². The van der Waals surface area contributed by atoms with Crippen LogP contribution in [-0.2, 0) is 16.0 Å². The highest BCUT2D eigenvalue weighted by molar-refractivity contribution is 7.92. The molecule has 0 saturated heterocycles. The molecule has 1 heterocycles. The number of alkyl halides is 3. The third kappa shape index (κ3) is 4.62. The van der Waals surface area contributed by atoms with E-state index in [9.17, 15) is 31.5 Å². The maximum Gasteiger partial charge on any atom is 0.421 e. The SMILES string of the molecule is C[C@@H](C=C(c1ccc(S(=O)(=O)C2CC2)cc1)c1ccc(C(F)(F)F)c(=O)[nH]1)CO. The van der Waals surface area contributed by atoms with Gasteiger partial charge in [-0.3, -0.25) is 4.79 Å². The normalized spacial score (nSPS) is 16.7. The van der Waals surface area contributed by atoms with Crippen LogP contribution in [0.2, 0.25) is 0 Å². The molecule has 0 unspecified atom stereocenters. The molecule has 2 aromatic rings. The lowest BCUT2D eigenvalue weighted by atomic mass is 9.97. The van der Waals surface area contributed by atoms with Crippen molar-refractivity contribution in [3.63, 3.8) is 0 Å². The maximum atomic E-state index is 12.9. The summed E-state index contributed by atoms with van der Waals surface area (Å²) in [7, 11) is -3.37. The second-order valence-electron chi connectivity index (χ2n) is 7.12. The molecule has 1 fully saturated rings. The first-order valence-corrected chi connectivity index (χ1v) is 10.6. The molecule has 0 aliphatic heterocycles. The standard InChI is InChI=1S/C20H20F3NO4S/c1-12(11-25)10-16(18-9-8-17(19(26)24-18)20(21,22)23)13-2-4-14(5-3-13)29(27,28)15-6-7-15/h2-5,8-10,12,15,25H,6-7,11H2,1H3,(H,24,26)/t12-/m0/s1. The summed E-state index contributed by atoms with van der Waals surface area (Å²) in [5.74, 6) is -0.342. The molecular formula is C20H20F3NO4S. The van der Waals surface area contributed by atoms with Crippen molar-refractivity contribution in [2.24, 2.45) is 5.92 Å². The molecule has 29 heavy (non-hydrogen) atoms. The number of nitrogens with one attached hydrogen (secondary N) is 1. The fourth-order valence-corrected chi connectivity index (χ4v) is 4.58. The van der Waals surface area contributed by atoms with E-state index in [4.69, 9.17) is 0 Å². The smallest absolute Gasteiger partial charge is 0.396 e. The van der Waals surface area contributed by atoms with Crippen LogP contribution >= 0.6 is 0 Å². The highest BCUT2D eigenvalue weighted by Gasteiger charge is 2.37. The highest BCUT2D eigenvalue weighted by Crippen LogP contribution is 2.34. The van der Waals surface area contributed by atoms with Crippen molar-refractivity contribution in [2.45, 2.75) is 36.1 Å². The quantitative estimate of drug-likeness (QED) is 0.740. The van der Waals surface area contributed by atoms with E-state index in [1.165, 1.54) is 12.1 Å². The summed E-state index contributed by atoms with van der Waals surface area (Å²) >= 11 is 0. The van der Waals surface area contributed by atoms with Crippen LogP contribution in [0.5, 0.6) is 0 Å². The number of hydrogen-bond acceptors (Lipinski definition) is 4. The van der Waals surface area contributed by atoms with Crippen LogP contribution in [0.1, 0.15) is 36.6 Å². The molecule has 9 heteroatoms. The maximum absolute atomic E-state index is 12.9. The number of sulfone groups is 1. The van der Waals surface area contributed by atoms with Crippen molar-refractivity contribution in [1.29, 1.82) is 0 Å². The van der Waals surface area contributed by atoms with Gasteiger partial charge >= 0.3 is 6.18 Å². The Kier molecular flexibility index (Phi) is 5.73. The van der Waals surface area contributed by atoms with Gasteiger partial charge < -0.3 is 10.1 Å². The predicted molar refractivity (Wildman–Crippen MR) is 102 cm³/mol. The fraction of sp³-hybridized carbons (Fsp3) is 0.350. The number of halogens is 3. The summed E-state index contributed by atoms with van der Waals surface area (Å²) in [5, 5.41) is 9.00. The number of hydrogen-bond donors (Lipinski definition) is 2. The highest BCUT2D eigenvalue weighted by atomic mass is 32.2. The molecule has 1 saturated carbocycles. The van der Waals surface area contributed by atoms with Crippen molar-refractivity contribution < 1.29 is 26.7 Å². The Morgan fingerprint density at radius 2 is 1.83 bits per heavy atom. The van der Waals surface area contributed by atoms with E-state index in [1.807, 2.05) is 0 Å².